The Bertz CT molecular complexity index is 890. The van der Waals surface area contributed by atoms with Crippen molar-refractivity contribution in [3.63, 3.8) is 0 Å². The van der Waals surface area contributed by atoms with Crippen LogP contribution in [-0.2, 0) is 10.0 Å². The number of primary sulfonamides is 1. The summed E-state index contributed by atoms with van der Waals surface area (Å²) in [6.45, 7) is 5.88. The van der Waals surface area contributed by atoms with E-state index in [-0.39, 0.29) is 10.6 Å². The van der Waals surface area contributed by atoms with Crippen molar-refractivity contribution in [1.29, 1.82) is 0 Å². The number of para-hydroxylation sites is 1. The van der Waals surface area contributed by atoms with Gasteiger partial charge in [-0.1, -0.05) is 6.07 Å². The first-order valence-electron chi connectivity index (χ1n) is 7.37. The number of benzene rings is 2. The van der Waals surface area contributed by atoms with Gasteiger partial charge in [0.15, 0.2) is 11.5 Å². The molecule has 0 atom stereocenters. The van der Waals surface area contributed by atoms with Gasteiger partial charge in [-0.05, 0) is 56.2 Å². The number of phenols is 1. The first-order valence-corrected chi connectivity index (χ1v) is 8.91. The zero-order valence-electron chi connectivity index (χ0n) is 13.8. The highest BCUT2D eigenvalue weighted by Crippen LogP contribution is 2.30. The number of nitrogens with two attached hydrogens (primary N) is 1. The maximum absolute atomic E-state index is 11.6. The molecular weight excluding hydrogens is 328 g/mol. The minimum Gasteiger partial charge on any atom is -0.504 e. The molecule has 0 aromatic heterocycles. The molecule has 128 valence electrons. The lowest BCUT2D eigenvalue weighted by Crippen LogP contribution is -2.12. The van der Waals surface area contributed by atoms with Crippen LogP contribution in [-0.4, -0.2) is 26.3 Å². The molecule has 0 aliphatic carbocycles. The summed E-state index contributed by atoms with van der Waals surface area (Å²) in [5.41, 5.74) is 2.54. The number of ether oxygens (including phenoxy) is 1. The van der Waals surface area contributed by atoms with Gasteiger partial charge in [0.2, 0.25) is 10.0 Å². The molecule has 6 nitrogen and oxygen atoms in total. The fraction of sp³-hybridized carbons (Fsp3) is 0.235. The molecule has 24 heavy (non-hydrogen) atoms. The lowest BCUT2D eigenvalue weighted by molar-refractivity contribution is 0.318. The van der Waals surface area contributed by atoms with E-state index in [9.17, 15) is 13.5 Å². The van der Waals surface area contributed by atoms with Crippen molar-refractivity contribution in [3.05, 3.63) is 47.0 Å². The number of aromatic hydroxyl groups is 1. The van der Waals surface area contributed by atoms with Gasteiger partial charge >= 0.3 is 0 Å². The lowest BCUT2D eigenvalue weighted by atomic mass is 10.1. The van der Waals surface area contributed by atoms with Crippen LogP contribution in [0, 0.1) is 13.8 Å². The molecule has 0 saturated carbocycles. The predicted octanol–water partition coefficient (Wildman–Crippen LogP) is 2.81. The molecule has 2 rings (SSSR count). The number of aryl methyl sites for hydroxylation is 1. The van der Waals surface area contributed by atoms with Crippen molar-refractivity contribution < 1.29 is 18.3 Å². The van der Waals surface area contributed by atoms with Crippen LogP contribution in [0.15, 0.2) is 40.2 Å². The Morgan fingerprint density at radius 2 is 2.00 bits per heavy atom. The number of hydrogen-bond donors (Lipinski definition) is 2. The minimum atomic E-state index is -3.81. The zero-order chi connectivity index (χ0) is 17.9. The van der Waals surface area contributed by atoms with Crippen molar-refractivity contribution in [2.24, 2.45) is 10.1 Å². The van der Waals surface area contributed by atoms with Gasteiger partial charge in [0.1, 0.15) is 0 Å². The molecule has 3 N–H and O–H groups in total. The average molecular weight is 348 g/mol. The van der Waals surface area contributed by atoms with Crippen LogP contribution < -0.4 is 9.88 Å². The van der Waals surface area contributed by atoms with E-state index < -0.39 is 10.0 Å². The van der Waals surface area contributed by atoms with E-state index in [1.54, 1.807) is 25.1 Å². The first kappa shape index (κ1) is 18.0. The van der Waals surface area contributed by atoms with Crippen LogP contribution in [0.1, 0.15) is 23.6 Å². The molecule has 0 unspecified atom stereocenters. The molecule has 0 saturated heterocycles. The van der Waals surface area contributed by atoms with Crippen LogP contribution in [0.5, 0.6) is 11.5 Å². The molecule has 2 aromatic rings. The summed E-state index contributed by atoms with van der Waals surface area (Å²) in [6.07, 6.45) is 1.46. The Labute approximate surface area is 141 Å². The lowest BCUT2D eigenvalue weighted by Gasteiger charge is -2.09. The van der Waals surface area contributed by atoms with E-state index in [1.807, 2.05) is 13.8 Å². The van der Waals surface area contributed by atoms with Gasteiger partial charge in [-0.25, -0.2) is 13.6 Å². The van der Waals surface area contributed by atoms with E-state index in [2.05, 4.69) is 4.99 Å². The Morgan fingerprint density at radius 1 is 1.29 bits per heavy atom. The summed E-state index contributed by atoms with van der Waals surface area (Å²) in [5, 5.41) is 15.4. The first-order chi connectivity index (χ1) is 11.2. The van der Waals surface area contributed by atoms with E-state index in [4.69, 9.17) is 9.88 Å². The standard InChI is InChI=1S/C17H20N2O4S/c1-4-23-16-7-5-6-13(17(16)20)10-19-15-9-14(24(18,21)22)8-11(2)12(15)3/h5-10,20H,4H2,1-3H3,(H2,18,21,22). The Kier molecular flexibility index (Phi) is 5.26. The zero-order valence-corrected chi connectivity index (χ0v) is 14.6. The molecule has 0 radical (unpaired) electrons. The molecule has 7 heteroatoms. The Hall–Kier alpha value is -2.38. The second-order valence-corrected chi connectivity index (χ2v) is 6.88. The summed E-state index contributed by atoms with van der Waals surface area (Å²) in [4.78, 5) is 4.32. The van der Waals surface area contributed by atoms with Crippen LogP contribution >= 0.6 is 0 Å². The van der Waals surface area contributed by atoms with Crippen LogP contribution in [0.3, 0.4) is 0 Å². The number of aliphatic imine (C=N–C) groups is 1. The molecule has 0 fully saturated rings. The summed E-state index contributed by atoms with van der Waals surface area (Å²) >= 11 is 0. The molecule has 0 aliphatic rings. The van der Waals surface area contributed by atoms with Crippen LogP contribution in [0.4, 0.5) is 5.69 Å². The van der Waals surface area contributed by atoms with Gasteiger partial charge in [-0.15, -0.1) is 0 Å². The number of sulfonamides is 1. The predicted molar refractivity (Wildman–Crippen MR) is 93.8 cm³/mol. The number of phenolic OH excluding ortho intramolecular Hbond substituents is 1. The average Bonchev–Trinajstić information content (AvgIpc) is 2.51. The maximum atomic E-state index is 11.6. The SMILES string of the molecule is CCOc1cccc(C=Nc2cc(S(N)(=O)=O)cc(C)c2C)c1O. The summed E-state index contributed by atoms with van der Waals surface area (Å²) in [7, 11) is -3.81. The van der Waals surface area contributed by atoms with Crippen molar-refractivity contribution >= 4 is 21.9 Å². The van der Waals surface area contributed by atoms with Gasteiger partial charge in [0.25, 0.3) is 0 Å². The molecule has 0 bridgehead atoms. The van der Waals surface area contributed by atoms with Gasteiger partial charge in [0.05, 0.1) is 17.2 Å². The van der Waals surface area contributed by atoms with Crippen LogP contribution in [0.25, 0.3) is 0 Å². The fourth-order valence-electron chi connectivity index (χ4n) is 2.16. The van der Waals surface area contributed by atoms with E-state index in [0.29, 0.717) is 23.6 Å². The van der Waals surface area contributed by atoms with E-state index >= 15 is 0 Å². The smallest absolute Gasteiger partial charge is 0.238 e. The molecular formula is C17H20N2O4S. The third-order valence-corrected chi connectivity index (χ3v) is 4.51. The monoisotopic (exact) mass is 348 g/mol. The summed E-state index contributed by atoms with van der Waals surface area (Å²) in [6, 6.07) is 8.01. The van der Waals surface area contributed by atoms with Crippen molar-refractivity contribution in [1.82, 2.24) is 0 Å². The largest absolute Gasteiger partial charge is 0.504 e. The molecule has 0 amide bonds. The molecule has 2 aromatic carbocycles. The van der Waals surface area contributed by atoms with E-state index in [1.165, 1.54) is 18.3 Å². The normalized spacial score (nSPS) is 11.8. The van der Waals surface area contributed by atoms with Gasteiger partial charge in [0, 0.05) is 11.8 Å². The fourth-order valence-corrected chi connectivity index (χ4v) is 2.78. The molecule has 0 aliphatic heterocycles. The maximum Gasteiger partial charge on any atom is 0.238 e. The minimum absolute atomic E-state index is 0.00467. The Morgan fingerprint density at radius 3 is 2.62 bits per heavy atom. The molecule has 0 spiro atoms. The Balaban J connectivity index is 2.46. The second-order valence-electron chi connectivity index (χ2n) is 5.31. The van der Waals surface area contributed by atoms with Gasteiger partial charge in [-0.3, -0.25) is 4.99 Å². The third kappa shape index (κ3) is 3.93. The van der Waals surface area contributed by atoms with Crippen molar-refractivity contribution in [3.8, 4) is 11.5 Å². The summed E-state index contributed by atoms with van der Waals surface area (Å²) in [5.74, 6) is 0.354. The highest BCUT2D eigenvalue weighted by Gasteiger charge is 2.12. The van der Waals surface area contributed by atoms with Crippen molar-refractivity contribution in [2.75, 3.05) is 6.61 Å². The highest BCUT2D eigenvalue weighted by molar-refractivity contribution is 7.89. The number of hydrogen-bond acceptors (Lipinski definition) is 5. The summed E-state index contributed by atoms with van der Waals surface area (Å²) < 4.78 is 28.5. The molecule has 0 heterocycles. The van der Waals surface area contributed by atoms with Crippen molar-refractivity contribution in [2.45, 2.75) is 25.7 Å². The van der Waals surface area contributed by atoms with Gasteiger partial charge < -0.3 is 9.84 Å². The topological polar surface area (TPSA) is 102 Å². The van der Waals surface area contributed by atoms with Gasteiger partial charge in [-0.2, -0.15) is 0 Å². The van der Waals surface area contributed by atoms with Crippen LogP contribution in [0.2, 0.25) is 0 Å². The number of nitrogens with zero attached hydrogens (tertiary/aromatic N) is 1. The number of rotatable bonds is 5. The van der Waals surface area contributed by atoms with E-state index in [0.717, 1.165) is 11.1 Å². The third-order valence-electron chi connectivity index (χ3n) is 3.61. The highest BCUT2D eigenvalue weighted by atomic mass is 32.2. The second kappa shape index (κ2) is 7.02. The quantitative estimate of drug-likeness (QED) is 0.811.